The van der Waals surface area contributed by atoms with Crippen molar-refractivity contribution in [1.29, 1.82) is 0 Å². The van der Waals surface area contributed by atoms with Crippen LogP contribution in [0, 0.1) is 5.92 Å². The van der Waals surface area contributed by atoms with Crippen LogP contribution in [0.2, 0.25) is 0 Å². The Morgan fingerprint density at radius 3 is 2.41 bits per heavy atom. The van der Waals surface area contributed by atoms with Crippen LogP contribution >= 0.6 is 11.3 Å². The minimum atomic E-state index is 0.346. The van der Waals surface area contributed by atoms with Crippen LogP contribution in [0.1, 0.15) is 51.4 Å². The third-order valence-electron chi connectivity index (χ3n) is 6.31. The zero-order chi connectivity index (χ0) is 18.5. The van der Waals surface area contributed by atoms with Gasteiger partial charge < -0.3 is 14.9 Å². The summed E-state index contributed by atoms with van der Waals surface area (Å²) in [5.41, 5.74) is 2.36. The molecule has 1 saturated heterocycles. The number of hydrogen-bond acceptors (Lipinski definition) is 4. The summed E-state index contributed by atoms with van der Waals surface area (Å²) in [6.07, 6.45) is 11.0. The highest BCUT2D eigenvalue weighted by atomic mass is 32.1. The van der Waals surface area contributed by atoms with Crippen molar-refractivity contribution in [3.05, 3.63) is 41.1 Å². The maximum absolute atomic E-state index is 9.97. The van der Waals surface area contributed by atoms with Gasteiger partial charge in [-0.2, -0.15) is 11.3 Å². The average Bonchev–Trinajstić information content (AvgIpc) is 3.08. The molecule has 2 aromatic rings. The molecular formula is C23H32N2OS. The van der Waals surface area contributed by atoms with Crippen molar-refractivity contribution in [2.45, 2.75) is 57.4 Å². The van der Waals surface area contributed by atoms with Crippen molar-refractivity contribution in [3.8, 4) is 5.75 Å². The van der Waals surface area contributed by atoms with E-state index in [4.69, 9.17) is 0 Å². The molecule has 0 unspecified atom stereocenters. The van der Waals surface area contributed by atoms with Crippen LogP contribution in [0.3, 0.4) is 0 Å². The maximum Gasteiger partial charge on any atom is 0.117 e. The number of anilines is 2. The number of aromatic hydroxyl groups is 1. The number of rotatable bonds is 5. The number of benzene rings is 1. The molecule has 1 aliphatic carbocycles. The largest absolute Gasteiger partial charge is 0.508 e. The monoisotopic (exact) mass is 384 g/mol. The topological polar surface area (TPSA) is 26.7 Å². The van der Waals surface area contributed by atoms with Gasteiger partial charge in [0.25, 0.3) is 0 Å². The highest BCUT2D eigenvalue weighted by Crippen LogP contribution is 2.35. The first-order chi connectivity index (χ1) is 13.3. The van der Waals surface area contributed by atoms with E-state index in [0.717, 1.165) is 11.6 Å². The Bertz CT molecular complexity index is 686. The second-order valence-corrected chi connectivity index (χ2v) is 9.04. The first-order valence-electron chi connectivity index (χ1n) is 10.6. The first-order valence-corrected chi connectivity index (χ1v) is 11.6. The lowest BCUT2D eigenvalue weighted by Gasteiger charge is -2.40. The van der Waals surface area contributed by atoms with E-state index in [1.54, 1.807) is 17.4 Å². The summed E-state index contributed by atoms with van der Waals surface area (Å²) in [7, 11) is 0. The van der Waals surface area contributed by atoms with Crippen molar-refractivity contribution in [1.82, 2.24) is 4.90 Å². The molecule has 146 valence electrons. The Morgan fingerprint density at radius 2 is 1.74 bits per heavy atom. The zero-order valence-corrected chi connectivity index (χ0v) is 17.0. The van der Waals surface area contributed by atoms with Crippen molar-refractivity contribution < 1.29 is 5.11 Å². The molecule has 4 heteroatoms. The number of phenols is 1. The Kier molecular flexibility index (Phi) is 6.36. The van der Waals surface area contributed by atoms with Crippen LogP contribution in [-0.2, 0) is 0 Å². The Balaban J connectivity index is 1.41. The molecule has 0 atom stereocenters. The van der Waals surface area contributed by atoms with Gasteiger partial charge in [0.15, 0.2) is 0 Å². The van der Waals surface area contributed by atoms with Crippen LogP contribution in [0.5, 0.6) is 5.75 Å². The predicted octanol–water partition coefficient (Wildman–Crippen LogP) is 6.03. The molecule has 1 N–H and O–H groups in total. The Labute approximate surface area is 167 Å². The smallest absolute Gasteiger partial charge is 0.117 e. The molecule has 0 radical (unpaired) electrons. The third kappa shape index (κ3) is 4.85. The molecule has 0 spiro atoms. The number of hydrogen-bond donors (Lipinski definition) is 1. The zero-order valence-electron chi connectivity index (χ0n) is 16.2. The molecule has 2 fully saturated rings. The van der Waals surface area contributed by atoms with Gasteiger partial charge in [-0.15, -0.1) is 0 Å². The summed E-state index contributed by atoms with van der Waals surface area (Å²) in [6.45, 7) is 3.69. The molecule has 1 aliphatic heterocycles. The summed E-state index contributed by atoms with van der Waals surface area (Å²) in [6, 6.07) is 10.4. The van der Waals surface area contributed by atoms with E-state index >= 15 is 0 Å². The highest BCUT2D eigenvalue weighted by Gasteiger charge is 2.27. The molecule has 4 rings (SSSR count). The van der Waals surface area contributed by atoms with Gasteiger partial charge in [0.05, 0.1) is 5.69 Å². The van der Waals surface area contributed by atoms with Gasteiger partial charge in [-0.1, -0.05) is 31.7 Å². The SMILES string of the molecule is Oc1cccc(N(c2ccsc2)C2CCN(CC3CCCCCC3)CC2)c1. The number of piperidine rings is 1. The van der Waals surface area contributed by atoms with E-state index in [9.17, 15) is 5.11 Å². The summed E-state index contributed by atoms with van der Waals surface area (Å²) in [5, 5.41) is 14.3. The second kappa shape index (κ2) is 9.11. The fourth-order valence-electron chi connectivity index (χ4n) is 4.88. The van der Waals surface area contributed by atoms with Crippen molar-refractivity contribution in [2.75, 3.05) is 24.5 Å². The molecule has 1 saturated carbocycles. The molecule has 0 amide bonds. The minimum absolute atomic E-state index is 0.346. The second-order valence-electron chi connectivity index (χ2n) is 8.26. The van der Waals surface area contributed by atoms with Gasteiger partial charge in [0, 0.05) is 42.8 Å². The average molecular weight is 385 g/mol. The van der Waals surface area contributed by atoms with Gasteiger partial charge in [0.1, 0.15) is 5.75 Å². The van der Waals surface area contributed by atoms with E-state index in [1.165, 1.54) is 76.7 Å². The summed E-state index contributed by atoms with van der Waals surface area (Å²) in [4.78, 5) is 5.15. The predicted molar refractivity (Wildman–Crippen MR) is 115 cm³/mol. The Hall–Kier alpha value is -1.52. The molecule has 1 aromatic carbocycles. The van der Waals surface area contributed by atoms with Crippen LogP contribution < -0.4 is 4.90 Å². The third-order valence-corrected chi connectivity index (χ3v) is 6.98. The van der Waals surface area contributed by atoms with Gasteiger partial charge in [0.2, 0.25) is 0 Å². The molecule has 3 nitrogen and oxygen atoms in total. The highest BCUT2D eigenvalue weighted by molar-refractivity contribution is 7.08. The lowest BCUT2D eigenvalue weighted by Crippen LogP contribution is -2.44. The van der Waals surface area contributed by atoms with Gasteiger partial charge in [-0.25, -0.2) is 0 Å². The van der Waals surface area contributed by atoms with Crippen LogP contribution in [0.15, 0.2) is 41.1 Å². The summed E-state index contributed by atoms with van der Waals surface area (Å²) in [5.74, 6) is 1.27. The minimum Gasteiger partial charge on any atom is -0.508 e. The number of likely N-dealkylation sites (tertiary alicyclic amines) is 1. The van der Waals surface area contributed by atoms with Crippen molar-refractivity contribution in [3.63, 3.8) is 0 Å². The molecule has 2 heterocycles. The summed E-state index contributed by atoms with van der Waals surface area (Å²) >= 11 is 1.74. The van der Waals surface area contributed by atoms with Crippen molar-refractivity contribution in [2.24, 2.45) is 5.92 Å². The van der Waals surface area contributed by atoms with Crippen LogP contribution in [0.25, 0.3) is 0 Å². The van der Waals surface area contributed by atoms with E-state index in [-0.39, 0.29) is 0 Å². The van der Waals surface area contributed by atoms with E-state index in [2.05, 4.69) is 32.7 Å². The number of thiophene rings is 1. The standard InChI is InChI=1S/C23H32N2OS/c26-23-9-5-8-21(16-23)25(22-12-15-27-18-22)20-10-13-24(14-11-20)17-19-6-3-1-2-4-7-19/h5,8-9,12,15-16,18-20,26H,1-4,6-7,10-11,13-14,17H2. The lowest BCUT2D eigenvalue weighted by atomic mass is 9.96. The van der Waals surface area contributed by atoms with E-state index < -0.39 is 0 Å². The molecular weight excluding hydrogens is 352 g/mol. The first kappa shape index (κ1) is 18.8. The molecule has 2 aliphatic rings. The van der Waals surface area contributed by atoms with E-state index in [0.29, 0.717) is 11.8 Å². The van der Waals surface area contributed by atoms with Crippen LogP contribution in [-0.4, -0.2) is 35.7 Å². The number of phenolic OH excluding ortho intramolecular Hbond substituents is 1. The molecule has 27 heavy (non-hydrogen) atoms. The molecule has 0 bridgehead atoms. The summed E-state index contributed by atoms with van der Waals surface area (Å²) < 4.78 is 0. The van der Waals surface area contributed by atoms with Gasteiger partial charge >= 0.3 is 0 Å². The van der Waals surface area contributed by atoms with Gasteiger partial charge in [-0.3, -0.25) is 0 Å². The quantitative estimate of drug-likeness (QED) is 0.638. The lowest BCUT2D eigenvalue weighted by molar-refractivity contribution is 0.176. The van der Waals surface area contributed by atoms with Gasteiger partial charge in [-0.05, 0) is 55.2 Å². The fraction of sp³-hybridized carbons (Fsp3) is 0.565. The Morgan fingerprint density at radius 1 is 0.963 bits per heavy atom. The fourth-order valence-corrected chi connectivity index (χ4v) is 5.51. The maximum atomic E-state index is 9.97. The normalized spacial score (nSPS) is 20.4. The van der Waals surface area contributed by atoms with Crippen molar-refractivity contribution >= 4 is 22.7 Å². The van der Waals surface area contributed by atoms with Crippen LogP contribution in [0.4, 0.5) is 11.4 Å². The van der Waals surface area contributed by atoms with E-state index in [1.807, 2.05) is 12.1 Å². The number of nitrogens with zero attached hydrogens (tertiary/aromatic N) is 2. The molecule has 1 aromatic heterocycles.